The Balaban J connectivity index is 3.12. The summed E-state index contributed by atoms with van der Waals surface area (Å²) in [5.41, 5.74) is 8.21. The van der Waals surface area contributed by atoms with Crippen molar-refractivity contribution in [2.45, 2.75) is 0 Å². The molecule has 50 valence electrons. The number of nitrogens with zero attached hydrogens (tertiary/aromatic N) is 4. The highest BCUT2D eigenvalue weighted by atomic mass is 16.1. The first kappa shape index (κ1) is 6.31. The van der Waals surface area contributed by atoms with Crippen molar-refractivity contribution >= 4 is 12.1 Å². The van der Waals surface area contributed by atoms with E-state index in [1.165, 1.54) is 6.20 Å². The number of azide groups is 1. The van der Waals surface area contributed by atoms with Gasteiger partial charge in [0.2, 0.25) is 0 Å². The first-order valence-electron chi connectivity index (χ1n) is 2.42. The molecule has 1 heterocycles. The second-order valence-electron chi connectivity index (χ2n) is 1.48. The second kappa shape index (κ2) is 2.65. The van der Waals surface area contributed by atoms with Crippen LogP contribution in [0.2, 0.25) is 0 Å². The fourth-order valence-corrected chi connectivity index (χ4v) is 0.500. The maximum absolute atomic E-state index is 10.1. The number of rotatable bonds is 2. The molecule has 0 radical (unpaired) electrons. The number of aromatic amines is 1. The summed E-state index contributed by atoms with van der Waals surface area (Å²) in [6, 6.07) is 0. The van der Waals surface area contributed by atoms with E-state index in [2.05, 4.69) is 20.2 Å². The molecule has 6 nitrogen and oxygen atoms in total. The van der Waals surface area contributed by atoms with Crippen molar-refractivity contribution in [1.29, 1.82) is 0 Å². The van der Waals surface area contributed by atoms with E-state index in [9.17, 15) is 4.79 Å². The highest BCUT2D eigenvalue weighted by molar-refractivity contribution is 5.80. The topological polar surface area (TPSA) is 94.5 Å². The third-order valence-electron chi connectivity index (χ3n) is 0.919. The summed E-state index contributed by atoms with van der Waals surface area (Å²) in [4.78, 5) is 12.6. The molecule has 6 heteroatoms. The summed E-state index contributed by atoms with van der Waals surface area (Å²) in [7, 11) is 0. The van der Waals surface area contributed by atoms with E-state index in [-0.39, 0.29) is 11.4 Å². The molecular formula is C4H3N5O. The lowest BCUT2D eigenvalue weighted by Crippen LogP contribution is -1.71. The van der Waals surface area contributed by atoms with Crippen molar-refractivity contribution in [3.63, 3.8) is 0 Å². The summed E-state index contributed by atoms with van der Waals surface area (Å²) in [5.74, 6) is 0.150. The predicted octanol–water partition coefficient (Wildman–Crippen LogP) is 1.16. The lowest BCUT2D eigenvalue weighted by atomic mass is 10.4. The Morgan fingerprint density at radius 1 is 1.90 bits per heavy atom. The van der Waals surface area contributed by atoms with Crippen LogP contribution in [0.5, 0.6) is 0 Å². The van der Waals surface area contributed by atoms with Crippen LogP contribution in [0.25, 0.3) is 10.4 Å². The fourth-order valence-electron chi connectivity index (χ4n) is 0.500. The largest absolute Gasteiger partial charge is 0.298 e. The molecule has 0 aliphatic heterocycles. The van der Waals surface area contributed by atoms with E-state index < -0.39 is 0 Å². The summed E-state index contributed by atoms with van der Waals surface area (Å²) < 4.78 is 0. The van der Waals surface area contributed by atoms with E-state index in [1.807, 2.05) is 0 Å². The Hall–Kier alpha value is -1.81. The van der Waals surface area contributed by atoms with Gasteiger partial charge in [0.25, 0.3) is 0 Å². The van der Waals surface area contributed by atoms with Crippen LogP contribution in [-0.4, -0.2) is 16.5 Å². The van der Waals surface area contributed by atoms with Crippen molar-refractivity contribution in [2.24, 2.45) is 5.11 Å². The molecule has 1 aromatic heterocycles. The molecule has 0 atom stereocenters. The quantitative estimate of drug-likeness (QED) is 0.286. The molecule has 0 unspecified atom stereocenters. The van der Waals surface area contributed by atoms with Crippen LogP contribution in [0.15, 0.2) is 11.3 Å². The number of nitrogens with one attached hydrogen (secondary N) is 1. The highest BCUT2D eigenvalue weighted by Gasteiger charge is 1.98. The van der Waals surface area contributed by atoms with Crippen molar-refractivity contribution < 1.29 is 4.79 Å². The SMILES string of the molecule is [N-]=[N+]=Nc1[nH]ncc1C=O. The van der Waals surface area contributed by atoms with Gasteiger partial charge in [-0.3, -0.25) is 9.89 Å². The molecule has 0 saturated carbocycles. The maximum Gasteiger partial charge on any atom is 0.153 e. The summed E-state index contributed by atoms with van der Waals surface area (Å²) >= 11 is 0. The Kier molecular flexibility index (Phi) is 1.67. The smallest absolute Gasteiger partial charge is 0.153 e. The Morgan fingerprint density at radius 3 is 3.30 bits per heavy atom. The van der Waals surface area contributed by atoms with Gasteiger partial charge in [-0.2, -0.15) is 5.10 Å². The van der Waals surface area contributed by atoms with Gasteiger partial charge in [0.15, 0.2) is 6.29 Å². The van der Waals surface area contributed by atoms with E-state index in [4.69, 9.17) is 5.53 Å². The third-order valence-corrected chi connectivity index (χ3v) is 0.919. The normalized spacial score (nSPS) is 8.40. The molecule has 1 N–H and O–H groups in total. The molecular weight excluding hydrogens is 134 g/mol. The lowest BCUT2D eigenvalue weighted by Gasteiger charge is -1.79. The fraction of sp³-hybridized carbons (Fsp3) is 0. The number of hydrogen-bond donors (Lipinski definition) is 1. The van der Waals surface area contributed by atoms with Crippen LogP contribution in [0.3, 0.4) is 0 Å². The van der Waals surface area contributed by atoms with Crippen LogP contribution in [0, 0.1) is 0 Å². The van der Waals surface area contributed by atoms with Gasteiger partial charge in [0, 0.05) is 4.91 Å². The van der Waals surface area contributed by atoms with Crippen LogP contribution >= 0.6 is 0 Å². The zero-order valence-electron chi connectivity index (χ0n) is 4.85. The van der Waals surface area contributed by atoms with Crippen molar-refractivity contribution in [1.82, 2.24) is 10.2 Å². The summed E-state index contributed by atoms with van der Waals surface area (Å²) in [6.45, 7) is 0. The molecule has 0 aliphatic carbocycles. The van der Waals surface area contributed by atoms with Gasteiger partial charge in [0.05, 0.1) is 11.8 Å². The molecule has 0 amide bonds. The first-order valence-corrected chi connectivity index (χ1v) is 2.42. The van der Waals surface area contributed by atoms with Gasteiger partial charge in [-0.05, 0) is 10.6 Å². The minimum absolute atomic E-state index is 0.150. The minimum atomic E-state index is 0.150. The van der Waals surface area contributed by atoms with E-state index in [1.54, 1.807) is 0 Å². The summed E-state index contributed by atoms with van der Waals surface area (Å²) in [6.07, 6.45) is 1.85. The van der Waals surface area contributed by atoms with Gasteiger partial charge in [-0.15, -0.1) is 0 Å². The molecule has 10 heavy (non-hydrogen) atoms. The number of hydrogen-bond acceptors (Lipinski definition) is 3. The molecule has 0 fully saturated rings. The summed E-state index contributed by atoms with van der Waals surface area (Å²) in [5, 5.41) is 9.02. The standard InChI is InChI=1S/C4H3N5O/c5-9-8-4-3(2-10)1-6-7-4/h1-2H,(H,6,7). The minimum Gasteiger partial charge on any atom is -0.298 e. The molecule has 1 aromatic rings. The highest BCUT2D eigenvalue weighted by Crippen LogP contribution is 2.11. The van der Waals surface area contributed by atoms with Crippen LogP contribution < -0.4 is 0 Å². The lowest BCUT2D eigenvalue weighted by molar-refractivity contribution is 0.112. The number of carbonyl (C=O) groups is 1. The molecule has 0 aromatic carbocycles. The van der Waals surface area contributed by atoms with Gasteiger partial charge in [0.1, 0.15) is 5.82 Å². The van der Waals surface area contributed by atoms with Crippen LogP contribution in [0.1, 0.15) is 10.4 Å². The number of aromatic nitrogens is 2. The Bertz CT molecular complexity index is 284. The van der Waals surface area contributed by atoms with Gasteiger partial charge in [-0.25, -0.2) is 0 Å². The van der Waals surface area contributed by atoms with Crippen molar-refractivity contribution in [3.8, 4) is 0 Å². The van der Waals surface area contributed by atoms with E-state index >= 15 is 0 Å². The number of aldehydes is 1. The van der Waals surface area contributed by atoms with Gasteiger partial charge in [-0.1, -0.05) is 0 Å². The molecule has 0 aliphatic rings. The molecule has 1 rings (SSSR count). The van der Waals surface area contributed by atoms with Gasteiger partial charge >= 0.3 is 0 Å². The third kappa shape index (κ3) is 0.958. The van der Waals surface area contributed by atoms with Gasteiger partial charge < -0.3 is 0 Å². The monoisotopic (exact) mass is 137 g/mol. The average Bonchev–Trinajstić information content (AvgIpc) is 2.36. The molecule has 0 bridgehead atoms. The first-order chi connectivity index (χ1) is 4.88. The van der Waals surface area contributed by atoms with Crippen molar-refractivity contribution in [3.05, 3.63) is 22.2 Å². The average molecular weight is 137 g/mol. The molecule has 0 spiro atoms. The predicted molar refractivity (Wildman–Crippen MR) is 32.8 cm³/mol. The number of H-pyrrole nitrogens is 1. The Morgan fingerprint density at radius 2 is 2.70 bits per heavy atom. The van der Waals surface area contributed by atoms with Crippen LogP contribution in [-0.2, 0) is 0 Å². The van der Waals surface area contributed by atoms with E-state index in [0.717, 1.165) is 0 Å². The second-order valence-corrected chi connectivity index (χ2v) is 1.48. The maximum atomic E-state index is 10.1. The van der Waals surface area contributed by atoms with Crippen LogP contribution in [0.4, 0.5) is 5.82 Å². The zero-order chi connectivity index (χ0) is 7.40. The van der Waals surface area contributed by atoms with E-state index in [0.29, 0.717) is 6.29 Å². The molecule has 0 saturated heterocycles. The number of carbonyl (C=O) groups excluding carboxylic acids is 1. The Labute approximate surface area is 55.5 Å². The van der Waals surface area contributed by atoms with Crippen molar-refractivity contribution in [2.75, 3.05) is 0 Å². The zero-order valence-corrected chi connectivity index (χ0v) is 4.85.